The van der Waals surface area contributed by atoms with Crippen LogP contribution in [0.4, 0.5) is 5.69 Å². The minimum absolute atomic E-state index is 0.181. The third kappa shape index (κ3) is 2.60. The highest BCUT2D eigenvalue weighted by molar-refractivity contribution is 5.67. The lowest BCUT2D eigenvalue weighted by Crippen LogP contribution is -2.25. The normalized spacial score (nSPS) is 21.4. The van der Waals surface area contributed by atoms with Crippen LogP contribution in [0.2, 0.25) is 0 Å². The molecule has 0 spiro atoms. The van der Waals surface area contributed by atoms with Crippen molar-refractivity contribution in [2.75, 3.05) is 25.1 Å². The molecular weight excluding hydrogens is 254 g/mol. The highest BCUT2D eigenvalue weighted by Crippen LogP contribution is 2.36. The van der Waals surface area contributed by atoms with E-state index in [9.17, 15) is 4.79 Å². The molecule has 1 aromatic rings. The molecule has 0 amide bonds. The number of aryl methyl sites for hydroxylation is 1. The number of carboxylic acids is 1. The van der Waals surface area contributed by atoms with Gasteiger partial charge in [-0.05, 0) is 54.9 Å². The molecule has 1 atom stereocenters. The van der Waals surface area contributed by atoms with E-state index < -0.39 is 5.97 Å². The molecule has 108 valence electrons. The molecule has 2 aliphatic heterocycles. The first-order valence-electron chi connectivity index (χ1n) is 7.35. The van der Waals surface area contributed by atoms with Crippen molar-refractivity contribution >= 4 is 11.7 Å². The van der Waals surface area contributed by atoms with Crippen LogP contribution in [-0.2, 0) is 17.6 Å². The van der Waals surface area contributed by atoms with Crippen LogP contribution in [0.25, 0.3) is 0 Å². The molecule has 20 heavy (non-hydrogen) atoms. The molecule has 1 unspecified atom stereocenters. The number of hydrogen-bond donors (Lipinski definition) is 1. The summed E-state index contributed by atoms with van der Waals surface area (Å²) in [5, 5.41) is 8.99. The van der Waals surface area contributed by atoms with Gasteiger partial charge in [-0.2, -0.15) is 0 Å². The SMILES string of the molecule is CN1CCCc2cc3c(cc21)CC(CC(=O)O)CCO3. The molecule has 4 nitrogen and oxygen atoms in total. The van der Waals surface area contributed by atoms with Gasteiger partial charge < -0.3 is 14.7 Å². The van der Waals surface area contributed by atoms with E-state index in [0.29, 0.717) is 6.61 Å². The number of fused-ring (bicyclic) bond motifs is 2. The van der Waals surface area contributed by atoms with Crippen LogP contribution in [-0.4, -0.2) is 31.3 Å². The lowest BCUT2D eigenvalue weighted by atomic mass is 9.91. The molecule has 0 saturated carbocycles. The predicted octanol–water partition coefficient (Wildman–Crippen LogP) is 2.48. The third-order valence-electron chi connectivity index (χ3n) is 4.37. The third-order valence-corrected chi connectivity index (χ3v) is 4.37. The Morgan fingerprint density at radius 3 is 3.10 bits per heavy atom. The van der Waals surface area contributed by atoms with Crippen molar-refractivity contribution < 1.29 is 14.6 Å². The summed E-state index contributed by atoms with van der Waals surface area (Å²) in [5.74, 6) is 0.432. The van der Waals surface area contributed by atoms with Gasteiger partial charge in [-0.25, -0.2) is 0 Å². The number of ether oxygens (including phenoxy) is 1. The lowest BCUT2D eigenvalue weighted by molar-refractivity contribution is -0.138. The Balaban J connectivity index is 1.91. The lowest BCUT2D eigenvalue weighted by Gasteiger charge is -2.28. The van der Waals surface area contributed by atoms with Crippen molar-refractivity contribution in [1.82, 2.24) is 0 Å². The van der Waals surface area contributed by atoms with Crippen molar-refractivity contribution in [3.63, 3.8) is 0 Å². The summed E-state index contributed by atoms with van der Waals surface area (Å²) in [4.78, 5) is 13.2. The first-order chi connectivity index (χ1) is 9.63. The van der Waals surface area contributed by atoms with E-state index >= 15 is 0 Å². The number of nitrogens with zero attached hydrogens (tertiary/aromatic N) is 1. The largest absolute Gasteiger partial charge is 0.493 e. The minimum atomic E-state index is -0.714. The zero-order valence-electron chi connectivity index (χ0n) is 11.9. The van der Waals surface area contributed by atoms with E-state index in [2.05, 4.69) is 24.1 Å². The average molecular weight is 275 g/mol. The number of hydrogen-bond acceptors (Lipinski definition) is 3. The fourth-order valence-corrected chi connectivity index (χ4v) is 3.30. The van der Waals surface area contributed by atoms with Crippen LogP contribution in [0.5, 0.6) is 5.75 Å². The maximum Gasteiger partial charge on any atom is 0.303 e. The second-order valence-corrected chi connectivity index (χ2v) is 5.92. The fraction of sp³-hybridized carbons (Fsp3) is 0.562. The first-order valence-corrected chi connectivity index (χ1v) is 7.35. The van der Waals surface area contributed by atoms with Crippen LogP contribution in [0, 0.1) is 5.92 Å². The molecule has 1 aromatic carbocycles. The Hall–Kier alpha value is -1.71. The smallest absolute Gasteiger partial charge is 0.303 e. The molecule has 0 bridgehead atoms. The van der Waals surface area contributed by atoms with Crippen molar-refractivity contribution in [3.05, 3.63) is 23.3 Å². The molecule has 2 heterocycles. The van der Waals surface area contributed by atoms with Gasteiger partial charge in [0.25, 0.3) is 0 Å². The van der Waals surface area contributed by atoms with Gasteiger partial charge in [0.05, 0.1) is 6.61 Å². The summed E-state index contributed by atoms with van der Waals surface area (Å²) >= 11 is 0. The van der Waals surface area contributed by atoms with Gasteiger partial charge in [-0.3, -0.25) is 4.79 Å². The van der Waals surface area contributed by atoms with E-state index in [-0.39, 0.29) is 12.3 Å². The number of carbonyl (C=O) groups is 1. The highest BCUT2D eigenvalue weighted by atomic mass is 16.5. The zero-order chi connectivity index (χ0) is 14.1. The van der Waals surface area contributed by atoms with Crippen molar-refractivity contribution in [2.24, 2.45) is 5.92 Å². The van der Waals surface area contributed by atoms with E-state index in [4.69, 9.17) is 9.84 Å². The number of anilines is 1. The fourth-order valence-electron chi connectivity index (χ4n) is 3.30. The molecule has 0 saturated heterocycles. The Labute approximate surface area is 119 Å². The van der Waals surface area contributed by atoms with Crippen LogP contribution in [0.3, 0.4) is 0 Å². The number of rotatable bonds is 2. The van der Waals surface area contributed by atoms with Gasteiger partial charge in [0.1, 0.15) is 5.75 Å². The van der Waals surface area contributed by atoms with Crippen LogP contribution >= 0.6 is 0 Å². The second-order valence-electron chi connectivity index (χ2n) is 5.92. The van der Waals surface area contributed by atoms with E-state index in [1.54, 1.807) is 0 Å². The molecule has 0 aromatic heterocycles. The summed E-state index contributed by atoms with van der Waals surface area (Å²) in [7, 11) is 2.12. The number of aliphatic carboxylic acids is 1. The summed E-state index contributed by atoms with van der Waals surface area (Å²) in [6.07, 6.45) is 4.15. The van der Waals surface area contributed by atoms with Crippen molar-refractivity contribution in [3.8, 4) is 5.75 Å². The van der Waals surface area contributed by atoms with Gasteiger partial charge in [-0.1, -0.05) is 0 Å². The zero-order valence-corrected chi connectivity index (χ0v) is 11.9. The van der Waals surface area contributed by atoms with Gasteiger partial charge in [0.2, 0.25) is 0 Å². The summed E-state index contributed by atoms with van der Waals surface area (Å²) in [6.45, 7) is 1.71. The van der Waals surface area contributed by atoms with Crippen molar-refractivity contribution in [2.45, 2.75) is 32.1 Å². The molecule has 0 fully saturated rings. The quantitative estimate of drug-likeness (QED) is 0.901. The Morgan fingerprint density at radius 2 is 2.30 bits per heavy atom. The van der Waals surface area contributed by atoms with Crippen LogP contribution in [0.1, 0.15) is 30.4 Å². The maximum atomic E-state index is 10.9. The standard InChI is InChI=1S/C16H21NO3/c1-17-5-2-3-12-10-15-13(9-14(12)17)7-11(4-6-20-15)8-16(18)19/h9-11H,2-8H2,1H3,(H,18,19). The summed E-state index contributed by atoms with van der Waals surface area (Å²) < 4.78 is 5.85. The van der Waals surface area contributed by atoms with Crippen LogP contribution in [0.15, 0.2) is 12.1 Å². The molecule has 0 radical (unpaired) electrons. The summed E-state index contributed by atoms with van der Waals surface area (Å²) in [6, 6.07) is 4.38. The van der Waals surface area contributed by atoms with E-state index in [1.165, 1.54) is 23.2 Å². The first kappa shape index (κ1) is 13.3. The van der Waals surface area contributed by atoms with Crippen LogP contribution < -0.4 is 9.64 Å². The molecule has 4 heteroatoms. The van der Waals surface area contributed by atoms with Gasteiger partial charge in [-0.15, -0.1) is 0 Å². The highest BCUT2D eigenvalue weighted by Gasteiger charge is 2.23. The molecular formula is C16H21NO3. The maximum absolute atomic E-state index is 10.9. The molecule has 1 N–H and O–H groups in total. The summed E-state index contributed by atoms with van der Waals surface area (Å²) in [5.41, 5.74) is 3.81. The Kier molecular flexibility index (Phi) is 3.55. The molecule has 2 aliphatic rings. The Morgan fingerprint density at radius 1 is 1.45 bits per heavy atom. The van der Waals surface area contributed by atoms with Gasteiger partial charge >= 0.3 is 5.97 Å². The average Bonchev–Trinajstić information content (AvgIpc) is 2.57. The number of carboxylic acid groups (broad SMARTS) is 1. The molecule has 3 rings (SSSR count). The monoisotopic (exact) mass is 275 g/mol. The second kappa shape index (κ2) is 5.35. The van der Waals surface area contributed by atoms with Crippen molar-refractivity contribution in [1.29, 1.82) is 0 Å². The Bertz CT molecular complexity index is 527. The van der Waals surface area contributed by atoms with Gasteiger partial charge in [0, 0.05) is 25.7 Å². The van der Waals surface area contributed by atoms with E-state index in [0.717, 1.165) is 31.6 Å². The van der Waals surface area contributed by atoms with Gasteiger partial charge in [0.15, 0.2) is 0 Å². The number of benzene rings is 1. The predicted molar refractivity (Wildman–Crippen MR) is 77.6 cm³/mol. The molecule has 0 aliphatic carbocycles. The topological polar surface area (TPSA) is 49.8 Å². The van der Waals surface area contributed by atoms with E-state index in [1.807, 2.05) is 0 Å². The minimum Gasteiger partial charge on any atom is -0.493 e.